The molecule has 1 heterocycles. The second kappa shape index (κ2) is 4.93. The molecule has 0 N–H and O–H groups in total. The molecule has 3 aromatic rings. The van der Waals surface area contributed by atoms with Crippen LogP contribution in [0.2, 0.25) is 5.02 Å². The molecule has 1 aromatic heterocycles. The molecule has 3 rings (SSSR count). The number of benzene rings is 2. The fourth-order valence-corrected chi connectivity index (χ4v) is 3.20. The third-order valence-electron chi connectivity index (χ3n) is 3.24. The first-order valence-corrected chi connectivity index (χ1v) is 7.09. The molecule has 0 saturated heterocycles. The second-order valence-electron chi connectivity index (χ2n) is 4.41. The summed E-state index contributed by atoms with van der Waals surface area (Å²) >= 11 is 9.87. The minimum Gasteiger partial charge on any atom is -0.267 e. The molecule has 0 aliphatic rings. The van der Waals surface area contributed by atoms with E-state index in [1.807, 2.05) is 37.4 Å². The van der Waals surface area contributed by atoms with Crippen LogP contribution in [0.25, 0.3) is 22.0 Å². The van der Waals surface area contributed by atoms with Gasteiger partial charge < -0.3 is 0 Å². The number of nitrogens with zero attached hydrogens (tertiary/aromatic N) is 3. The zero-order valence-electron chi connectivity index (χ0n) is 10.6. The Morgan fingerprint density at radius 1 is 1.35 bits per heavy atom. The van der Waals surface area contributed by atoms with Crippen molar-refractivity contribution in [2.45, 2.75) is 0 Å². The Kier molecular flexibility index (Phi) is 3.25. The number of hydrogen-bond donors (Lipinski definition) is 0. The van der Waals surface area contributed by atoms with E-state index in [0.29, 0.717) is 16.1 Å². The number of halogens is 2. The van der Waals surface area contributed by atoms with Crippen molar-refractivity contribution in [2.75, 3.05) is 0 Å². The summed E-state index contributed by atoms with van der Waals surface area (Å²) in [4.78, 5) is 0. The van der Waals surface area contributed by atoms with Gasteiger partial charge in [0.2, 0.25) is 0 Å². The largest absolute Gasteiger partial charge is 0.267 e. The van der Waals surface area contributed by atoms with Crippen LogP contribution in [0.1, 0.15) is 5.56 Å². The van der Waals surface area contributed by atoms with Crippen LogP contribution in [0.3, 0.4) is 0 Å². The normalized spacial score (nSPS) is 10.7. The van der Waals surface area contributed by atoms with Crippen LogP contribution in [0.5, 0.6) is 0 Å². The maximum Gasteiger partial charge on any atom is 0.101 e. The van der Waals surface area contributed by atoms with Gasteiger partial charge in [-0.15, -0.1) is 0 Å². The van der Waals surface area contributed by atoms with Gasteiger partial charge in [0.05, 0.1) is 26.9 Å². The molecule has 0 fully saturated rings. The van der Waals surface area contributed by atoms with Crippen LogP contribution in [0.15, 0.2) is 41.0 Å². The van der Waals surface area contributed by atoms with Gasteiger partial charge in [-0.05, 0) is 27.4 Å². The van der Waals surface area contributed by atoms with E-state index in [9.17, 15) is 5.26 Å². The molecular weight excluding hydrogens is 338 g/mol. The fraction of sp³-hybridized carbons (Fsp3) is 0.0667. The first kappa shape index (κ1) is 13.2. The Morgan fingerprint density at radius 2 is 2.10 bits per heavy atom. The zero-order valence-corrected chi connectivity index (χ0v) is 12.9. The molecule has 0 bridgehead atoms. The molecule has 20 heavy (non-hydrogen) atoms. The van der Waals surface area contributed by atoms with Crippen molar-refractivity contribution >= 4 is 38.3 Å². The van der Waals surface area contributed by atoms with E-state index >= 15 is 0 Å². The monoisotopic (exact) mass is 345 g/mol. The SMILES string of the molecule is Cn1ncc(Br)c1-c1c(Cl)cc2ccccc2c1C#N. The van der Waals surface area contributed by atoms with Gasteiger partial charge in [-0.2, -0.15) is 10.4 Å². The summed E-state index contributed by atoms with van der Waals surface area (Å²) in [5.41, 5.74) is 2.08. The third kappa shape index (κ3) is 1.91. The minimum absolute atomic E-state index is 0.546. The van der Waals surface area contributed by atoms with E-state index in [1.165, 1.54) is 0 Å². The lowest BCUT2D eigenvalue weighted by Crippen LogP contribution is -1.97. The minimum atomic E-state index is 0.546. The van der Waals surface area contributed by atoms with Gasteiger partial charge in [-0.25, -0.2) is 0 Å². The van der Waals surface area contributed by atoms with Crippen molar-refractivity contribution in [3.63, 3.8) is 0 Å². The Morgan fingerprint density at radius 3 is 2.75 bits per heavy atom. The number of fused-ring (bicyclic) bond motifs is 1. The average molecular weight is 347 g/mol. The molecule has 3 nitrogen and oxygen atoms in total. The second-order valence-corrected chi connectivity index (χ2v) is 5.67. The van der Waals surface area contributed by atoms with E-state index in [4.69, 9.17) is 11.6 Å². The van der Waals surface area contributed by atoms with Gasteiger partial charge in [0, 0.05) is 18.0 Å². The average Bonchev–Trinajstić information content (AvgIpc) is 2.77. The predicted molar refractivity (Wildman–Crippen MR) is 83.6 cm³/mol. The highest BCUT2D eigenvalue weighted by atomic mass is 79.9. The van der Waals surface area contributed by atoms with Crippen LogP contribution >= 0.6 is 27.5 Å². The molecule has 0 aliphatic heterocycles. The molecule has 0 radical (unpaired) electrons. The molecule has 0 unspecified atom stereocenters. The van der Waals surface area contributed by atoms with Gasteiger partial charge in [0.1, 0.15) is 6.07 Å². The van der Waals surface area contributed by atoms with E-state index in [2.05, 4.69) is 27.1 Å². The summed E-state index contributed by atoms with van der Waals surface area (Å²) in [6.45, 7) is 0. The first-order valence-electron chi connectivity index (χ1n) is 5.92. The van der Waals surface area contributed by atoms with Crippen molar-refractivity contribution in [1.29, 1.82) is 5.26 Å². The molecule has 2 aromatic carbocycles. The standard InChI is InChI=1S/C15H9BrClN3/c1-20-15(12(16)8-19-20)14-11(7-18)10-5-3-2-4-9(10)6-13(14)17/h2-6,8H,1H3. The lowest BCUT2D eigenvalue weighted by Gasteiger charge is -2.11. The van der Waals surface area contributed by atoms with E-state index in [0.717, 1.165) is 20.9 Å². The first-order chi connectivity index (χ1) is 9.63. The predicted octanol–water partition coefficient (Wildman–Crippen LogP) is 4.53. The zero-order chi connectivity index (χ0) is 14.3. The summed E-state index contributed by atoms with van der Waals surface area (Å²) in [6, 6.07) is 11.9. The van der Waals surface area contributed by atoms with Crippen molar-refractivity contribution in [3.05, 3.63) is 51.6 Å². The summed E-state index contributed by atoms with van der Waals surface area (Å²) in [5.74, 6) is 0. The Labute approximate surface area is 129 Å². The highest BCUT2D eigenvalue weighted by Gasteiger charge is 2.19. The fourth-order valence-electron chi connectivity index (χ4n) is 2.35. The number of aromatic nitrogens is 2. The molecular formula is C15H9BrClN3. The van der Waals surface area contributed by atoms with E-state index < -0.39 is 0 Å². The van der Waals surface area contributed by atoms with Crippen molar-refractivity contribution in [2.24, 2.45) is 7.05 Å². The Hall–Kier alpha value is -1.83. The number of nitriles is 1. The van der Waals surface area contributed by atoms with Crippen LogP contribution < -0.4 is 0 Å². The molecule has 0 aliphatic carbocycles. The molecule has 5 heteroatoms. The maximum atomic E-state index is 9.57. The number of aryl methyl sites for hydroxylation is 1. The van der Waals surface area contributed by atoms with Gasteiger partial charge >= 0.3 is 0 Å². The Bertz CT molecular complexity index is 842. The van der Waals surface area contributed by atoms with Crippen LogP contribution in [0.4, 0.5) is 0 Å². The lowest BCUT2D eigenvalue weighted by atomic mass is 9.97. The summed E-state index contributed by atoms with van der Waals surface area (Å²) in [5, 5.41) is 16.2. The Balaban J connectivity index is 2.48. The summed E-state index contributed by atoms with van der Waals surface area (Å²) < 4.78 is 2.52. The summed E-state index contributed by atoms with van der Waals surface area (Å²) in [6.07, 6.45) is 1.70. The smallest absolute Gasteiger partial charge is 0.101 e. The van der Waals surface area contributed by atoms with E-state index in [1.54, 1.807) is 10.9 Å². The molecule has 0 saturated carbocycles. The highest BCUT2D eigenvalue weighted by Crippen LogP contribution is 2.39. The topological polar surface area (TPSA) is 41.6 Å². The van der Waals surface area contributed by atoms with Crippen LogP contribution in [-0.4, -0.2) is 9.78 Å². The van der Waals surface area contributed by atoms with E-state index in [-0.39, 0.29) is 0 Å². The maximum absolute atomic E-state index is 9.57. The van der Waals surface area contributed by atoms with Gasteiger partial charge in [0.25, 0.3) is 0 Å². The number of hydrogen-bond acceptors (Lipinski definition) is 2. The molecule has 0 amide bonds. The molecule has 98 valence electrons. The van der Waals surface area contributed by atoms with Crippen molar-refractivity contribution in [1.82, 2.24) is 9.78 Å². The third-order valence-corrected chi connectivity index (χ3v) is 4.12. The lowest BCUT2D eigenvalue weighted by molar-refractivity contribution is 0.775. The van der Waals surface area contributed by atoms with Crippen molar-refractivity contribution in [3.8, 4) is 17.3 Å². The van der Waals surface area contributed by atoms with Gasteiger partial charge in [-0.3, -0.25) is 4.68 Å². The summed E-state index contributed by atoms with van der Waals surface area (Å²) in [7, 11) is 1.83. The highest BCUT2D eigenvalue weighted by molar-refractivity contribution is 9.10. The quantitative estimate of drug-likeness (QED) is 0.649. The van der Waals surface area contributed by atoms with Gasteiger partial charge in [-0.1, -0.05) is 35.9 Å². The molecule has 0 spiro atoms. The van der Waals surface area contributed by atoms with Gasteiger partial charge in [0.15, 0.2) is 0 Å². The van der Waals surface area contributed by atoms with Crippen molar-refractivity contribution < 1.29 is 0 Å². The molecule has 0 atom stereocenters. The number of rotatable bonds is 1. The van der Waals surface area contributed by atoms with Crippen LogP contribution in [0, 0.1) is 11.3 Å². The van der Waals surface area contributed by atoms with Crippen LogP contribution in [-0.2, 0) is 7.05 Å².